The van der Waals surface area contributed by atoms with E-state index in [1.807, 2.05) is 13.8 Å². The van der Waals surface area contributed by atoms with Crippen molar-refractivity contribution >= 4 is 28.9 Å². The maximum atomic E-state index is 12.6. The molecule has 2 amide bonds. The topological polar surface area (TPSA) is 159 Å². The fourth-order valence-electron chi connectivity index (χ4n) is 2.98. The standard InChI is InChI=1S/C21H30N6O5/c1-10(2)14(18(29)22-11(3)4)24-16-15(19(30)25-26-20(16)31)23-13-9-7-8-12(17(13)28)21(32)27(5)6/h7-11,14,28H,1-6H3,(H,22,29)(H2,23,26,31)(H2,24,25,30)/t14-/m1/s1. The summed E-state index contributed by atoms with van der Waals surface area (Å²) in [5, 5.41) is 23.4. The molecule has 174 valence electrons. The van der Waals surface area contributed by atoms with Crippen LogP contribution in [0.1, 0.15) is 38.1 Å². The molecule has 0 aliphatic heterocycles. The third kappa shape index (κ3) is 5.48. The highest BCUT2D eigenvalue weighted by Gasteiger charge is 2.26. The van der Waals surface area contributed by atoms with Crippen molar-refractivity contribution < 1.29 is 14.7 Å². The molecule has 2 aromatic rings. The third-order valence-corrected chi connectivity index (χ3v) is 4.61. The summed E-state index contributed by atoms with van der Waals surface area (Å²) < 4.78 is 0. The molecule has 11 nitrogen and oxygen atoms in total. The van der Waals surface area contributed by atoms with Gasteiger partial charge >= 0.3 is 0 Å². The highest BCUT2D eigenvalue weighted by Crippen LogP contribution is 2.31. The molecule has 0 unspecified atom stereocenters. The van der Waals surface area contributed by atoms with E-state index in [1.54, 1.807) is 27.9 Å². The lowest BCUT2D eigenvalue weighted by Gasteiger charge is -2.24. The predicted octanol–water partition coefficient (Wildman–Crippen LogP) is 1.18. The van der Waals surface area contributed by atoms with Crippen LogP contribution < -0.4 is 27.1 Å². The van der Waals surface area contributed by atoms with Crippen molar-refractivity contribution in [2.24, 2.45) is 5.92 Å². The molecule has 0 aliphatic rings. The van der Waals surface area contributed by atoms with Crippen LogP contribution in [0.2, 0.25) is 0 Å². The number of rotatable bonds is 8. The second-order valence-electron chi connectivity index (χ2n) is 8.21. The van der Waals surface area contributed by atoms with Gasteiger partial charge in [-0.05, 0) is 31.9 Å². The van der Waals surface area contributed by atoms with E-state index in [0.717, 1.165) is 0 Å². The Hall–Kier alpha value is -3.76. The number of benzene rings is 1. The summed E-state index contributed by atoms with van der Waals surface area (Å²) in [6.45, 7) is 7.22. The van der Waals surface area contributed by atoms with Crippen LogP contribution >= 0.6 is 0 Å². The van der Waals surface area contributed by atoms with Crippen LogP contribution in [0.5, 0.6) is 5.75 Å². The van der Waals surface area contributed by atoms with Crippen LogP contribution in [-0.4, -0.2) is 58.2 Å². The number of amides is 2. The number of phenols is 1. The quantitative estimate of drug-likeness (QED) is 0.332. The number of carbonyl (C=O) groups is 2. The molecule has 11 heteroatoms. The van der Waals surface area contributed by atoms with Crippen molar-refractivity contribution in [3.05, 3.63) is 44.5 Å². The summed E-state index contributed by atoms with van der Waals surface area (Å²) in [7, 11) is 3.08. The van der Waals surface area contributed by atoms with Crippen molar-refractivity contribution in [1.29, 1.82) is 0 Å². The molecule has 0 fully saturated rings. The molecule has 1 aromatic carbocycles. The number of aromatic nitrogens is 2. The lowest BCUT2D eigenvalue weighted by Crippen LogP contribution is -2.46. The number of anilines is 3. The Labute approximate surface area is 185 Å². The molecule has 1 atom stereocenters. The highest BCUT2D eigenvalue weighted by molar-refractivity contribution is 5.99. The number of hydrogen-bond acceptors (Lipinski definition) is 7. The summed E-state index contributed by atoms with van der Waals surface area (Å²) in [6, 6.07) is 3.50. The Balaban J connectivity index is 2.52. The number of H-pyrrole nitrogens is 2. The fourth-order valence-corrected chi connectivity index (χ4v) is 2.98. The average Bonchev–Trinajstić information content (AvgIpc) is 2.70. The normalized spacial score (nSPS) is 11.9. The van der Waals surface area contributed by atoms with Crippen LogP contribution in [0.3, 0.4) is 0 Å². The van der Waals surface area contributed by atoms with Crippen LogP contribution in [0.25, 0.3) is 0 Å². The third-order valence-electron chi connectivity index (χ3n) is 4.61. The first-order valence-corrected chi connectivity index (χ1v) is 10.2. The lowest BCUT2D eigenvalue weighted by molar-refractivity contribution is -0.123. The highest BCUT2D eigenvalue weighted by atomic mass is 16.3. The molecule has 0 radical (unpaired) electrons. The van der Waals surface area contributed by atoms with Gasteiger partial charge in [-0.3, -0.25) is 29.4 Å². The largest absolute Gasteiger partial charge is 0.505 e. The molecular weight excluding hydrogens is 416 g/mol. The van der Waals surface area contributed by atoms with E-state index in [0.29, 0.717) is 0 Å². The Morgan fingerprint density at radius 2 is 1.59 bits per heavy atom. The fraction of sp³-hybridized carbons (Fsp3) is 0.429. The minimum Gasteiger partial charge on any atom is -0.505 e. The first kappa shape index (κ1) is 24.5. The SMILES string of the molecule is CC(C)NC(=O)[C@H](Nc1c(Nc2cccc(C(=O)N(C)C)c2O)c(=O)[nH][nH]c1=O)C(C)C. The van der Waals surface area contributed by atoms with Gasteiger partial charge < -0.3 is 26.0 Å². The smallest absolute Gasteiger partial charge is 0.288 e. The van der Waals surface area contributed by atoms with Gasteiger partial charge in [0.2, 0.25) is 5.91 Å². The molecule has 32 heavy (non-hydrogen) atoms. The van der Waals surface area contributed by atoms with E-state index in [-0.39, 0.29) is 46.2 Å². The summed E-state index contributed by atoms with van der Waals surface area (Å²) in [5.41, 5.74) is -1.67. The Morgan fingerprint density at radius 1 is 1.00 bits per heavy atom. The van der Waals surface area contributed by atoms with E-state index in [2.05, 4.69) is 26.1 Å². The van der Waals surface area contributed by atoms with E-state index in [9.17, 15) is 24.3 Å². The summed E-state index contributed by atoms with van der Waals surface area (Å²) in [4.78, 5) is 51.3. The Morgan fingerprint density at radius 3 is 2.12 bits per heavy atom. The van der Waals surface area contributed by atoms with Crippen molar-refractivity contribution in [2.45, 2.75) is 39.8 Å². The van der Waals surface area contributed by atoms with Gasteiger partial charge in [-0.2, -0.15) is 0 Å². The first-order valence-electron chi connectivity index (χ1n) is 10.2. The number of hydrogen-bond donors (Lipinski definition) is 6. The van der Waals surface area contributed by atoms with Gasteiger partial charge in [0.25, 0.3) is 17.0 Å². The monoisotopic (exact) mass is 446 g/mol. The van der Waals surface area contributed by atoms with Gasteiger partial charge in [0.05, 0.1) is 11.3 Å². The zero-order valence-electron chi connectivity index (χ0n) is 19.0. The second kappa shape index (κ2) is 10.0. The minimum absolute atomic E-state index is 0.0205. The molecule has 0 saturated heterocycles. The van der Waals surface area contributed by atoms with Crippen LogP contribution in [0.4, 0.5) is 17.1 Å². The molecule has 0 bridgehead atoms. The maximum Gasteiger partial charge on any atom is 0.288 e. The molecule has 1 aromatic heterocycles. The summed E-state index contributed by atoms with van der Waals surface area (Å²) in [6.07, 6.45) is 0. The molecule has 1 heterocycles. The Bertz CT molecular complexity index is 1100. The van der Waals surface area contributed by atoms with Gasteiger partial charge in [-0.15, -0.1) is 0 Å². The number of nitrogens with zero attached hydrogens (tertiary/aromatic N) is 1. The second-order valence-corrected chi connectivity index (χ2v) is 8.21. The minimum atomic E-state index is -0.809. The predicted molar refractivity (Wildman–Crippen MR) is 123 cm³/mol. The Kier molecular flexibility index (Phi) is 7.68. The van der Waals surface area contributed by atoms with E-state index >= 15 is 0 Å². The van der Waals surface area contributed by atoms with Crippen molar-refractivity contribution in [1.82, 2.24) is 20.4 Å². The van der Waals surface area contributed by atoms with Crippen LogP contribution in [0, 0.1) is 5.92 Å². The first-order chi connectivity index (χ1) is 14.9. The van der Waals surface area contributed by atoms with E-state index < -0.39 is 23.1 Å². The number of aromatic hydroxyl groups is 1. The summed E-state index contributed by atoms with van der Waals surface area (Å²) in [5.74, 6) is -1.36. The van der Waals surface area contributed by atoms with E-state index in [1.165, 1.54) is 23.1 Å². The molecule has 0 saturated carbocycles. The van der Waals surface area contributed by atoms with Gasteiger partial charge in [0.15, 0.2) is 5.75 Å². The van der Waals surface area contributed by atoms with Crippen LogP contribution in [-0.2, 0) is 4.79 Å². The number of aromatic amines is 2. The van der Waals surface area contributed by atoms with Crippen LogP contribution in [0.15, 0.2) is 27.8 Å². The number of para-hydroxylation sites is 1. The molecule has 2 rings (SSSR count). The number of carbonyl (C=O) groups excluding carboxylic acids is 2. The van der Waals surface area contributed by atoms with Gasteiger partial charge in [-0.1, -0.05) is 19.9 Å². The number of nitrogens with one attached hydrogen (secondary N) is 5. The molecule has 0 spiro atoms. The number of phenolic OH excluding ortho intramolecular Hbond substituents is 1. The van der Waals surface area contributed by atoms with Gasteiger partial charge in [0.1, 0.15) is 17.4 Å². The molecule has 6 N–H and O–H groups in total. The van der Waals surface area contributed by atoms with Gasteiger partial charge in [-0.25, -0.2) is 0 Å². The summed E-state index contributed by atoms with van der Waals surface area (Å²) >= 11 is 0. The zero-order valence-corrected chi connectivity index (χ0v) is 19.0. The average molecular weight is 447 g/mol. The molecular formula is C21H30N6O5. The van der Waals surface area contributed by atoms with Crippen molar-refractivity contribution in [3.8, 4) is 5.75 Å². The van der Waals surface area contributed by atoms with Gasteiger partial charge in [0, 0.05) is 20.1 Å². The van der Waals surface area contributed by atoms with Crippen molar-refractivity contribution in [2.75, 3.05) is 24.7 Å². The maximum absolute atomic E-state index is 12.6. The lowest BCUT2D eigenvalue weighted by atomic mass is 10.0. The van der Waals surface area contributed by atoms with E-state index in [4.69, 9.17) is 0 Å². The molecule has 0 aliphatic carbocycles. The zero-order chi connectivity index (χ0) is 24.2. The van der Waals surface area contributed by atoms with Crippen molar-refractivity contribution in [3.63, 3.8) is 0 Å².